The summed E-state index contributed by atoms with van der Waals surface area (Å²) in [5, 5.41) is 14.1. The Morgan fingerprint density at radius 3 is 2.43 bits per heavy atom. The van der Waals surface area contributed by atoms with Gasteiger partial charge in [0.15, 0.2) is 0 Å². The smallest absolute Gasteiger partial charge is 0.294 e. The molecule has 0 aliphatic rings. The van der Waals surface area contributed by atoms with Gasteiger partial charge < -0.3 is 20.3 Å². The van der Waals surface area contributed by atoms with Crippen LogP contribution in [0.4, 0.5) is 10.1 Å². The molecule has 0 aliphatic carbocycles. The SMILES string of the molecule is Cc1cc(NC(=O)c2c(C)c(C(=O)C(=O)NC(C)CO)n(C)c2C)ccc1F. The quantitative estimate of drug-likeness (QED) is 0.520. The lowest BCUT2D eigenvalue weighted by Gasteiger charge is -2.11. The fraction of sp³-hybridized carbons (Fsp3) is 0.350. The van der Waals surface area contributed by atoms with Gasteiger partial charge in [0.05, 0.1) is 17.9 Å². The number of aryl methyl sites for hydroxylation is 1. The van der Waals surface area contributed by atoms with Crippen molar-refractivity contribution in [3.05, 3.63) is 52.1 Å². The highest BCUT2D eigenvalue weighted by Gasteiger charge is 2.29. The molecule has 2 aromatic rings. The van der Waals surface area contributed by atoms with E-state index in [1.807, 2.05) is 0 Å². The van der Waals surface area contributed by atoms with E-state index < -0.39 is 23.6 Å². The number of benzene rings is 1. The molecule has 0 spiro atoms. The highest BCUT2D eigenvalue weighted by atomic mass is 19.1. The zero-order chi connectivity index (χ0) is 21.2. The van der Waals surface area contributed by atoms with Gasteiger partial charge in [-0.05, 0) is 57.0 Å². The molecule has 28 heavy (non-hydrogen) atoms. The molecule has 0 aliphatic heterocycles. The van der Waals surface area contributed by atoms with Crippen LogP contribution in [-0.2, 0) is 11.8 Å². The van der Waals surface area contributed by atoms with Crippen molar-refractivity contribution in [3.8, 4) is 0 Å². The predicted molar refractivity (Wildman–Crippen MR) is 103 cm³/mol. The second-order valence-electron chi connectivity index (χ2n) is 6.80. The van der Waals surface area contributed by atoms with Crippen LogP contribution in [0.25, 0.3) is 0 Å². The van der Waals surface area contributed by atoms with Crippen molar-refractivity contribution in [1.82, 2.24) is 9.88 Å². The van der Waals surface area contributed by atoms with Crippen LogP contribution < -0.4 is 10.6 Å². The fourth-order valence-electron chi connectivity index (χ4n) is 2.99. The number of hydrogen-bond donors (Lipinski definition) is 3. The van der Waals surface area contributed by atoms with Crippen LogP contribution in [-0.4, -0.2) is 39.9 Å². The second kappa shape index (κ2) is 8.35. The maximum Gasteiger partial charge on any atom is 0.294 e. The van der Waals surface area contributed by atoms with E-state index in [4.69, 9.17) is 5.11 Å². The normalized spacial score (nSPS) is 11.8. The third kappa shape index (κ3) is 4.12. The van der Waals surface area contributed by atoms with Gasteiger partial charge in [-0.25, -0.2) is 4.39 Å². The zero-order valence-corrected chi connectivity index (χ0v) is 16.5. The van der Waals surface area contributed by atoms with Crippen LogP contribution >= 0.6 is 0 Å². The number of aliphatic hydroxyl groups excluding tert-OH is 1. The van der Waals surface area contributed by atoms with Crippen LogP contribution in [0, 0.1) is 26.6 Å². The number of rotatable bonds is 6. The van der Waals surface area contributed by atoms with E-state index in [9.17, 15) is 18.8 Å². The van der Waals surface area contributed by atoms with Crippen LogP contribution in [0.5, 0.6) is 0 Å². The number of anilines is 1. The van der Waals surface area contributed by atoms with E-state index in [1.54, 1.807) is 34.7 Å². The van der Waals surface area contributed by atoms with Gasteiger partial charge in [-0.3, -0.25) is 14.4 Å². The molecular weight excluding hydrogens is 365 g/mol. The third-order valence-electron chi connectivity index (χ3n) is 4.65. The summed E-state index contributed by atoms with van der Waals surface area (Å²) in [6.07, 6.45) is 0. The topological polar surface area (TPSA) is 100 Å². The molecule has 3 N–H and O–H groups in total. The Kier molecular flexibility index (Phi) is 6.35. The Hall–Kier alpha value is -3.00. The minimum absolute atomic E-state index is 0.0978. The average Bonchev–Trinajstić information content (AvgIpc) is 2.86. The van der Waals surface area contributed by atoms with Crippen molar-refractivity contribution in [3.63, 3.8) is 0 Å². The largest absolute Gasteiger partial charge is 0.394 e. The highest BCUT2D eigenvalue weighted by Crippen LogP contribution is 2.23. The summed E-state index contributed by atoms with van der Waals surface area (Å²) in [5.74, 6) is -2.48. The molecule has 150 valence electrons. The van der Waals surface area contributed by atoms with E-state index in [0.29, 0.717) is 22.5 Å². The van der Waals surface area contributed by atoms with Gasteiger partial charge in [-0.1, -0.05) is 0 Å². The standard InChI is InChI=1S/C20H24FN3O4/c1-10-8-14(6-7-15(10)21)23-19(27)16-12(3)17(24(5)13(16)4)18(26)20(28)22-11(2)9-25/h6-8,11,25H,9H2,1-5H3,(H,22,28)(H,23,27). The molecule has 2 rings (SSSR count). The summed E-state index contributed by atoms with van der Waals surface area (Å²) in [6, 6.07) is 3.65. The van der Waals surface area contributed by atoms with Gasteiger partial charge in [0.1, 0.15) is 5.82 Å². The Morgan fingerprint density at radius 2 is 1.86 bits per heavy atom. The number of nitrogens with zero attached hydrogens (tertiary/aromatic N) is 1. The van der Waals surface area contributed by atoms with Crippen molar-refractivity contribution in [2.24, 2.45) is 7.05 Å². The maximum atomic E-state index is 13.4. The van der Waals surface area contributed by atoms with Crippen molar-refractivity contribution >= 4 is 23.3 Å². The number of aliphatic hydroxyl groups is 1. The van der Waals surface area contributed by atoms with Crippen molar-refractivity contribution in [2.45, 2.75) is 33.7 Å². The molecule has 1 aromatic carbocycles. The number of ketones is 1. The lowest BCUT2D eigenvalue weighted by Crippen LogP contribution is -2.40. The van der Waals surface area contributed by atoms with Crippen LogP contribution in [0.3, 0.4) is 0 Å². The van der Waals surface area contributed by atoms with Gasteiger partial charge in [-0.2, -0.15) is 0 Å². The number of amides is 2. The minimum atomic E-state index is -0.855. The molecule has 0 bridgehead atoms. The molecule has 7 nitrogen and oxygen atoms in total. The molecule has 1 atom stereocenters. The molecule has 0 saturated carbocycles. The Balaban J connectivity index is 2.35. The fourth-order valence-corrected chi connectivity index (χ4v) is 2.99. The summed E-state index contributed by atoms with van der Waals surface area (Å²) in [6.45, 7) is 6.12. The molecular formula is C20H24FN3O4. The van der Waals surface area contributed by atoms with E-state index in [1.165, 1.54) is 22.8 Å². The second-order valence-corrected chi connectivity index (χ2v) is 6.80. The number of hydrogen-bond acceptors (Lipinski definition) is 4. The molecule has 2 amide bonds. The van der Waals surface area contributed by atoms with Crippen LogP contribution in [0.15, 0.2) is 18.2 Å². The molecule has 1 aromatic heterocycles. The molecule has 0 saturated heterocycles. The Bertz CT molecular complexity index is 949. The summed E-state index contributed by atoms with van der Waals surface area (Å²) in [4.78, 5) is 37.5. The summed E-state index contributed by atoms with van der Waals surface area (Å²) >= 11 is 0. The van der Waals surface area contributed by atoms with Crippen molar-refractivity contribution in [1.29, 1.82) is 0 Å². The number of nitrogens with one attached hydrogen (secondary N) is 2. The van der Waals surface area contributed by atoms with E-state index in [2.05, 4.69) is 10.6 Å². The maximum absolute atomic E-state index is 13.4. The van der Waals surface area contributed by atoms with Gasteiger partial charge in [0, 0.05) is 24.5 Å². The average molecular weight is 389 g/mol. The predicted octanol–water partition coefficient (Wildman–Crippen LogP) is 2.02. The number of carbonyl (C=O) groups excluding carboxylic acids is 3. The van der Waals surface area contributed by atoms with Crippen LogP contribution in [0.2, 0.25) is 0 Å². The lowest BCUT2D eigenvalue weighted by atomic mass is 10.1. The number of aromatic nitrogens is 1. The first-order chi connectivity index (χ1) is 13.1. The van der Waals surface area contributed by atoms with Crippen molar-refractivity contribution < 1.29 is 23.9 Å². The first-order valence-electron chi connectivity index (χ1n) is 8.77. The molecule has 1 unspecified atom stereocenters. The minimum Gasteiger partial charge on any atom is -0.394 e. The van der Waals surface area contributed by atoms with Gasteiger partial charge in [-0.15, -0.1) is 0 Å². The molecule has 0 fully saturated rings. The van der Waals surface area contributed by atoms with Crippen LogP contribution in [0.1, 0.15) is 44.6 Å². The third-order valence-corrected chi connectivity index (χ3v) is 4.65. The van der Waals surface area contributed by atoms with Crippen molar-refractivity contribution in [2.75, 3.05) is 11.9 Å². The number of Topliss-reactive ketones (excluding diaryl/α,β-unsaturated/α-hetero) is 1. The Labute approximate surface area is 162 Å². The van der Waals surface area contributed by atoms with E-state index in [0.717, 1.165) is 0 Å². The lowest BCUT2D eigenvalue weighted by molar-refractivity contribution is -0.117. The Morgan fingerprint density at radius 1 is 1.21 bits per heavy atom. The summed E-state index contributed by atoms with van der Waals surface area (Å²) in [7, 11) is 1.59. The zero-order valence-electron chi connectivity index (χ0n) is 16.5. The summed E-state index contributed by atoms with van der Waals surface area (Å²) in [5.41, 5.74) is 2.07. The molecule has 1 heterocycles. The summed E-state index contributed by atoms with van der Waals surface area (Å²) < 4.78 is 14.9. The van der Waals surface area contributed by atoms with E-state index >= 15 is 0 Å². The first kappa shape index (κ1) is 21.3. The van der Waals surface area contributed by atoms with Gasteiger partial charge in [0.2, 0.25) is 0 Å². The highest BCUT2D eigenvalue weighted by molar-refractivity contribution is 6.43. The molecule has 8 heteroatoms. The number of carbonyl (C=O) groups is 3. The monoisotopic (exact) mass is 389 g/mol. The van der Waals surface area contributed by atoms with Gasteiger partial charge >= 0.3 is 0 Å². The van der Waals surface area contributed by atoms with E-state index in [-0.39, 0.29) is 23.7 Å². The molecule has 0 radical (unpaired) electrons. The number of halogens is 1. The van der Waals surface area contributed by atoms with Gasteiger partial charge in [0.25, 0.3) is 17.6 Å². The first-order valence-corrected chi connectivity index (χ1v) is 8.77.